The summed E-state index contributed by atoms with van der Waals surface area (Å²) in [5.41, 5.74) is 0.789. The lowest BCUT2D eigenvalue weighted by atomic mass is 9.97. The summed E-state index contributed by atoms with van der Waals surface area (Å²) >= 11 is 0. The van der Waals surface area contributed by atoms with Crippen molar-refractivity contribution in [2.24, 2.45) is 0 Å². The number of carbonyl (C=O) groups excluding carboxylic acids is 1. The zero-order chi connectivity index (χ0) is 19.0. The summed E-state index contributed by atoms with van der Waals surface area (Å²) in [4.78, 5) is 12.4. The van der Waals surface area contributed by atoms with Crippen molar-refractivity contribution in [1.29, 1.82) is 0 Å². The predicted octanol–water partition coefficient (Wildman–Crippen LogP) is 4.23. The zero-order valence-corrected chi connectivity index (χ0v) is 13.9. The smallest absolute Gasteiger partial charge is 0.419 e. The van der Waals surface area contributed by atoms with Crippen LogP contribution < -0.4 is 15.4 Å². The molecule has 1 aliphatic heterocycles. The summed E-state index contributed by atoms with van der Waals surface area (Å²) in [6.07, 6.45) is -2.56. The molecule has 2 aromatic carbocycles. The number of nitrogens with zero attached hydrogens (tertiary/aromatic N) is 1. The standard InChI is InChI=1S/C18H15F3N4O2/c19-18(20,21)12-4-1-3-10-14(7-8-27-16(10)12)24-17(26)23-13-5-2-6-15-11(13)9-22-25-15/h1-6,9,14H,7-8H2,(H,22,25)(H2,23,24,26)/t14-/m1/s1. The van der Waals surface area contributed by atoms with Crippen LogP contribution in [-0.2, 0) is 6.18 Å². The van der Waals surface area contributed by atoms with Gasteiger partial charge in [-0.2, -0.15) is 18.3 Å². The quantitative estimate of drug-likeness (QED) is 0.626. The number of carbonyl (C=O) groups is 1. The van der Waals surface area contributed by atoms with Gasteiger partial charge >= 0.3 is 12.2 Å². The Labute approximate surface area is 151 Å². The summed E-state index contributed by atoms with van der Waals surface area (Å²) in [5.74, 6) is -0.224. The number of amides is 2. The van der Waals surface area contributed by atoms with Crippen LogP contribution in [-0.4, -0.2) is 22.8 Å². The molecule has 0 fully saturated rings. The molecular formula is C18H15F3N4O2. The highest BCUT2D eigenvalue weighted by Gasteiger charge is 2.37. The van der Waals surface area contributed by atoms with E-state index in [1.54, 1.807) is 18.3 Å². The van der Waals surface area contributed by atoms with E-state index in [1.807, 2.05) is 6.07 Å². The van der Waals surface area contributed by atoms with Crippen molar-refractivity contribution in [2.45, 2.75) is 18.6 Å². The molecule has 4 rings (SSSR count). The first-order valence-electron chi connectivity index (χ1n) is 8.26. The molecule has 0 aliphatic carbocycles. The molecule has 0 saturated carbocycles. The zero-order valence-electron chi connectivity index (χ0n) is 13.9. The van der Waals surface area contributed by atoms with E-state index in [2.05, 4.69) is 20.8 Å². The first kappa shape index (κ1) is 17.2. The number of hydrogen-bond acceptors (Lipinski definition) is 3. The maximum atomic E-state index is 13.2. The van der Waals surface area contributed by atoms with Gasteiger partial charge in [0.15, 0.2) is 0 Å². The molecule has 6 nitrogen and oxygen atoms in total. The third kappa shape index (κ3) is 3.27. The fraction of sp³-hybridized carbons (Fsp3) is 0.222. The first-order chi connectivity index (χ1) is 12.9. The minimum Gasteiger partial charge on any atom is -0.492 e. The van der Waals surface area contributed by atoms with E-state index in [9.17, 15) is 18.0 Å². The summed E-state index contributed by atoms with van der Waals surface area (Å²) < 4.78 is 44.8. The van der Waals surface area contributed by atoms with Gasteiger partial charge in [0.25, 0.3) is 0 Å². The Morgan fingerprint density at radius 3 is 2.85 bits per heavy atom. The molecule has 3 N–H and O–H groups in total. The molecule has 0 saturated heterocycles. The average Bonchev–Trinajstić information content (AvgIpc) is 3.10. The lowest BCUT2D eigenvalue weighted by molar-refractivity contribution is -0.139. The summed E-state index contributed by atoms with van der Waals surface area (Å²) in [6, 6.07) is 8.02. The molecule has 2 amide bonds. The van der Waals surface area contributed by atoms with Gasteiger partial charge in [-0.15, -0.1) is 0 Å². The van der Waals surface area contributed by atoms with Crippen LogP contribution in [0, 0.1) is 0 Å². The number of aromatic amines is 1. The number of aromatic nitrogens is 2. The van der Waals surface area contributed by atoms with E-state index in [4.69, 9.17) is 4.74 Å². The molecule has 0 unspecified atom stereocenters. The fourth-order valence-electron chi connectivity index (χ4n) is 3.19. The third-order valence-electron chi connectivity index (χ3n) is 4.42. The van der Waals surface area contributed by atoms with Crippen LogP contribution in [0.25, 0.3) is 10.9 Å². The number of benzene rings is 2. The highest BCUT2D eigenvalue weighted by molar-refractivity contribution is 6.00. The molecule has 9 heteroatoms. The largest absolute Gasteiger partial charge is 0.492 e. The van der Waals surface area contributed by atoms with Crippen molar-refractivity contribution < 1.29 is 22.7 Å². The van der Waals surface area contributed by atoms with Crippen molar-refractivity contribution in [3.63, 3.8) is 0 Å². The monoisotopic (exact) mass is 376 g/mol. The van der Waals surface area contributed by atoms with Gasteiger partial charge in [0.05, 0.1) is 35.6 Å². The molecule has 1 atom stereocenters. The predicted molar refractivity (Wildman–Crippen MR) is 92.5 cm³/mol. The molecule has 0 bridgehead atoms. The summed E-state index contributed by atoms with van der Waals surface area (Å²) in [6.45, 7) is 0.0857. The van der Waals surface area contributed by atoms with Crippen LogP contribution in [0.5, 0.6) is 5.75 Å². The number of anilines is 1. The van der Waals surface area contributed by atoms with Gasteiger partial charge < -0.3 is 15.4 Å². The minimum atomic E-state index is -4.52. The van der Waals surface area contributed by atoms with Crippen LogP contribution in [0.2, 0.25) is 0 Å². The first-order valence-corrected chi connectivity index (χ1v) is 8.26. The van der Waals surface area contributed by atoms with Crippen LogP contribution in [0.15, 0.2) is 42.6 Å². The SMILES string of the molecule is O=C(Nc1cccc2[nH]ncc12)N[C@@H]1CCOc2c1cccc2C(F)(F)F. The van der Waals surface area contributed by atoms with Crippen molar-refractivity contribution in [3.8, 4) is 5.75 Å². The number of fused-ring (bicyclic) bond motifs is 2. The average molecular weight is 376 g/mol. The van der Waals surface area contributed by atoms with Crippen molar-refractivity contribution >= 4 is 22.6 Å². The fourth-order valence-corrected chi connectivity index (χ4v) is 3.19. The number of nitrogens with one attached hydrogen (secondary N) is 3. The van der Waals surface area contributed by atoms with Gasteiger partial charge in [0, 0.05) is 17.4 Å². The molecule has 0 spiro atoms. The summed E-state index contributed by atoms with van der Waals surface area (Å²) in [7, 11) is 0. The molecule has 1 aliphatic rings. The molecule has 1 aromatic heterocycles. The van der Waals surface area contributed by atoms with E-state index in [1.165, 1.54) is 12.1 Å². The number of urea groups is 1. The number of halogens is 3. The van der Waals surface area contributed by atoms with E-state index in [0.717, 1.165) is 17.0 Å². The molecule has 2 heterocycles. The summed E-state index contributed by atoms with van der Waals surface area (Å²) in [5, 5.41) is 12.9. The van der Waals surface area contributed by atoms with Gasteiger partial charge in [0.2, 0.25) is 0 Å². The van der Waals surface area contributed by atoms with Crippen LogP contribution in [0.3, 0.4) is 0 Å². The Morgan fingerprint density at radius 2 is 2.04 bits per heavy atom. The number of rotatable bonds is 2. The van der Waals surface area contributed by atoms with Gasteiger partial charge in [-0.05, 0) is 18.2 Å². The minimum absolute atomic E-state index is 0.0857. The van der Waals surface area contributed by atoms with Gasteiger partial charge in [-0.3, -0.25) is 5.10 Å². The Balaban J connectivity index is 1.56. The number of alkyl halides is 3. The van der Waals surface area contributed by atoms with Crippen LogP contribution in [0.1, 0.15) is 23.6 Å². The number of hydrogen-bond donors (Lipinski definition) is 3. The third-order valence-corrected chi connectivity index (χ3v) is 4.42. The molecule has 3 aromatic rings. The molecular weight excluding hydrogens is 361 g/mol. The van der Waals surface area contributed by atoms with Crippen LogP contribution >= 0.6 is 0 Å². The van der Waals surface area contributed by atoms with Crippen molar-refractivity contribution in [3.05, 3.63) is 53.7 Å². The lowest BCUT2D eigenvalue weighted by Gasteiger charge is -2.28. The van der Waals surface area contributed by atoms with Gasteiger partial charge in [-0.25, -0.2) is 4.79 Å². The number of ether oxygens (including phenoxy) is 1. The molecule has 140 valence electrons. The Kier molecular flexibility index (Phi) is 4.14. The van der Waals surface area contributed by atoms with Crippen LogP contribution in [0.4, 0.5) is 23.7 Å². The number of H-pyrrole nitrogens is 1. The maximum Gasteiger partial charge on any atom is 0.419 e. The number of para-hydroxylation sites is 1. The van der Waals surface area contributed by atoms with E-state index in [-0.39, 0.29) is 12.4 Å². The van der Waals surface area contributed by atoms with Crippen molar-refractivity contribution in [2.75, 3.05) is 11.9 Å². The second kappa shape index (κ2) is 6.49. The Bertz CT molecular complexity index is 1000. The Hall–Kier alpha value is -3.23. The van der Waals surface area contributed by atoms with Gasteiger partial charge in [-0.1, -0.05) is 18.2 Å². The molecule has 0 radical (unpaired) electrons. The van der Waals surface area contributed by atoms with Crippen molar-refractivity contribution in [1.82, 2.24) is 15.5 Å². The van der Waals surface area contributed by atoms with E-state index < -0.39 is 23.8 Å². The Morgan fingerprint density at radius 1 is 1.22 bits per heavy atom. The van der Waals surface area contributed by atoms with E-state index in [0.29, 0.717) is 17.7 Å². The highest BCUT2D eigenvalue weighted by atomic mass is 19.4. The second-order valence-electron chi connectivity index (χ2n) is 6.15. The van der Waals surface area contributed by atoms with E-state index >= 15 is 0 Å². The molecule has 27 heavy (non-hydrogen) atoms. The maximum absolute atomic E-state index is 13.2. The topological polar surface area (TPSA) is 79.0 Å². The lowest BCUT2D eigenvalue weighted by Crippen LogP contribution is -2.35. The second-order valence-corrected chi connectivity index (χ2v) is 6.15. The highest BCUT2D eigenvalue weighted by Crippen LogP contribution is 2.42. The normalized spacial score (nSPS) is 16.5. The van der Waals surface area contributed by atoms with Gasteiger partial charge in [0.1, 0.15) is 5.75 Å².